The van der Waals surface area contributed by atoms with Crippen LogP contribution in [0.25, 0.3) is 0 Å². The van der Waals surface area contributed by atoms with Gasteiger partial charge in [0.15, 0.2) is 0 Å². The van der Waals surface area contributed by atoms with Gasteiger partial charge in [-0.15, -0.1) is 0 Å². The standard InChI is InChI=1S/C12H16FN3O3/c1-2-4-15-12(17)3-5-14-10-6-9(13)7-11(8-10)16(18)19/h6-8,14H,2-5H2,1H3,(H,15,17). The van der Waals surface area contributed by atoms with Crippen molar-refractivity contribution >= 4 is 17.3 Å². The summed E-state index contributed by atoms with van der Waals surface area (Å²) in [5, 5.41) is 16.0. The molecule has 2 N–H and O–H groups in total. The predicted octanol–water partition coefficient (Wildman–Crippen LogP) is 2.06. The van der Waals surface area contributed by atoms with Gasteiger partial charge in [-0.1, -0.05) is 6.92 Å². The molecule has 0 saturated carbocycles. The Bertz CT molecular complexity index is 466. The molecule has 0 aliphatic rings. The lowest BCUT2D eigenvalue weighted by Gasteiger charge is -2.07. The first-order valence-corrected chi connectivity index (χ1v) is 5.98. The first-order valence-electron chi connectivity index (χ1n) is 5.98. The van der Waals surface area contributed by atoms with Crippen LogP contribution >= 0.6 is 0 Å². The third kappa shape index (κ3) is 5.33. The van der Waals surface area contributed by atoms with E-state index in [-0.39, 0.29) is 30.2 Å². The third-order valence-corrected chi connectivity index (χ3v) is 2.35. The number of nitrogens with zero attached hydrogens (tertiary/aromatic N) is 1. The molecule has 0 saturated heterocycles. The number of benzene rings is 1. The molecule has 7 heteroatoms. The van der Waals surface area contributed by atoms with E-state index < -0.39 is 10.7 Å². The number of hydrogen-bond donors (Lipinski definition) is 2. The zero-order valence-corrected chi connectivity index (χ0v) is 10.6. The van der Waals surface area contributed by atoms with Crippen LogP contribution in [0.15, 0.2) is 18.2 Å². The van der Waals surface area contributed by atoms with Crippen LogP contribution in [0.2, 0.25) is 0 Å². The highest BCUT2D eigenvalue weighted by Crippen LogP contribution is 2.19. The normalized spacial score (nSPS) is 10.0. The minimum Gasteiger partial charge on any atom is -0.384 e. The average molecular weight is 269 g/mol. The van der Waals surface area contributed by atoms with Gasteiger partial charge >= 0.3 is 0 Å². The minimum absolute atomic E-state index is 0.111. The SMILES string of the molecule is CCCNC(=O)CCNc1cc(F)cc([N+](=O)[O-])c1. The Kier molecular flexibility index (Phi) is 5.72. The van der Waals surface area contributed by atoms with Gasteiger partial charge in [-0.2, -0.15) is 0 Å². The van der Waals surface area contributed by atoms with Crippen molar-refractivity contribution in [3.8, 4) is 0 Å². The molecule has 0 atom stereocenters. The van der Waals surface area contributed by atoms with E-state index in [1.165, 1.54) is 6.07 Å². The lowest BCUT2D eigenvalue weighted by atomic mass is 10.2. The van der Waals surface area contributed by atoms with E-state index in [2.05, 4.69) is 10.6 Å². The summed E-state index contributed by atoms with van der Waals surface area (Å²) in [5.41, 5.74) is -0.0343. The summed E-state index contributed by atoms with van der Waals surface area (Å²) in [7, 11) is 0. The molecule has 0 unspecified atom stereocenters. The predicted molar refractivity (Wildman–Crippen MR) is 69.5 cm³/mol. The molecular weight excluding hydrogens is 253 g/mol. The van der Waals surface area contributed by atoms with E-state index in [4.69, 9.17) is 0 Å². The highest BCUT2D eigenvalue weighted by atomic mass is 19.1. The smallest absolute Gasteiger partial charge is 0.274 e. The molecule has 19 heavy (non-hydrogen) atoms. The van der Waals surface area contributed by atoms with Crippen LogP contribution in [-0.4, -0.2) is 23.9 Å². The molecule has 1 rings (SSSR count). The van der Waals surface area contributed by atoms with Gasteiger partial charge in [-0.25, -0.2) is 4.39 Å². The maximum atomic E-state index is 13.1. The molecule has 1 aromatic carbocycles. The topological polar surface area (TPSA) is 84.3 Å². The van der Waals surface area contributed by atoms with Gasteiger partial charge in [-0.05, 0) is 12.5 Å². The molecule has 0 spiro atoms. The summed E-state index contributed by atoms with van der Waals surface area (Å²) in [4.78, 5) is 21.2. The van der Waals surface area contributed by atoms with Crippen LogP contribution in [0.3, 0.4) is 0 Å². The van der Waals surface area contributed by atoms with Crippen LogP contribution in [0.1, 0.15) is 19.8 Å². The van der Waals surface area contributed by atoms with Gasteiger partial charge in [0.05, 0.1) is 11.0 Å². The van der Waals surface area contributed by atoms with Crippen molar-refractivity contribution in [3.05, 3.63) is 34.1 Å². The van der Waals surface area contributed by atoms with Crippen molar-refractivity contribution in [3.63, 3.8) is 0 Å². The van der Waals surface area contributed by atoms with Gasteiger partial charge in [0.2, 0.25) is 5.91 Å². The van der Waals surface area contributed by atoms with Gasteiger partial charge in [0.1, 0.15) is 5.82 Å². The second-order valence-corrected chi connectivity index (χ2v) is 3.98. The maximum Gasteiger partial charge on any atom is 0.274 e. The molecule has 1 amide bonds. The Morgan fingerprint density at radius 2 is 2.11 bits per heavy atom. The number of nitrogens with one attached hydrogen (secondary N) is 2. The fourth-order valence-corrected chi connectivity index (χ4v) is 1.45. The number of halogens is 1. The van der Waals surface area contributed by atoms with Crippen molar-refractivity contribution in [1.29, 1.82) is 0 Å². The van der Waals surface area contributed by atoms with Crippen molar-refractivity contribution < 1.29 is 14.1 Å². The van der Waals surface area contributed by atoms with Gasteiger partial charge < -0.3 is 10.6 Å². The fraction of sp³-hybridized carbons (Fsp3) is 0.417. The monoisotopic (exact) mass is 269 g/mol. The summed E-state index contributed by atoms with van der Waals surface area (Å²) < 4.78 is 13.1. The molecule has 104 valence electrons. The number of hydrogen-bond acceptors (Lipinski definition) is 4. The number of rotatable bonds is 7. The Hall–Kier alpha value is -2.18. The lowest BCUT2D eigenvalue weighted by Crippen LogP contribution is -2.25. The van der Waals surface area contributed by atoms with Gasteiger partial charge in [-0.3, -0.25) is 14.9 Å². The number of anilines is 1. The van der Waals surface area contributed by atoms with E-state index in [1.54, 1.807) is 0 Å². The molecule has 0 aromatic heterocycles. The third-order valence-electron chi connectivity index (χ3n) is 2.35. The van der Waals surface area contributed by atoms with Crippen LogP contribution in [0.5, 0.6) is 0 Å². The van der Waals surface area contributed by atoms with Crippen molar-refractivity contribution in [2.75, 3.05) is 18.4 Å². The number of non-ortho nitro benzene ring substituents is 1. The largest absolute Gasteiger partial charge is 0.384 e. The zero-order valence-electron chi connectivity index (χ0n) is 10.6. The number of nitro groups is 1. The molecule has 0 aliphatic carbocycles. The Balaban J connectivity index is 2.49. The number of carbonyl (C=O) groups is 1. The first-order chi connectivity index (χ1) is 9.02. The quantitative estimate of drug-likeness (QED) is 0.586. The Labute approximate surface area is 110 Å². The van der Waals surface area contributed by atoms with E-state index in [0.717, 1.165) is 18.6 Å². The van der Waals surface area contributed by atoms with E-state index in [0.29, 0.717) is 6.54 Å². The second kappa shape index (κ2) is 7.30. The summed E-state index contributed by atoms with van der Waals surface area (Å²) in [5.74, 6) is -0.799. The minimum atomic E-state index is -0.688. The molecule has 6 nitrogen and oxygen atoms in total. The van der Waals surface area contributed by atoms with Crippen molar-refractivity contribution in [2.45, 2.75) is 19.8 Å². The summed E-state index contributed by atoms with van der Waals surface area (Å²) in [6.45, 7) is 2.85. The van der Waals surface area contributed by atoms with Gasteiger partial charge in [0.25, 0.3) is 5.69 Å². The highest BCUT2D eigenvalue weighted by Gasteiger charge is 2.09. The lowest BCUT2D eigenvalue weighted by molar-refractivity contribution is -0.385. The Morgan fingerprint density at radius 1 is 1.37 bits per heavy atom. The summed E-state index contributed by atoms with van der Waals surface area (Å²) in [6.07, 6.45) is 1.08. The van der Waals surface area contributed by atoms with E-state index >= 15 is 0 Å². The molecular formula is C12H16FN3O3. The maximum absolute atomic E-state index is 13.1. The number of amides is 1. The first kappa shape index (κ1) is 14.9. The molecule has 0 heterocycles. The van der Waals surface area contributed by atoms with Crippen LogP contribution in [0, 0.1) is 15.9 Å². The molecule has 1 aromatic rings. The highest BCUT2D eigenvalue weighted by molar-refractivity contribution is 5.76. The van der Waals surface area contributed by atoms with Crippen LogP contribution < -0.4 is 10.6 Å². The molecule has 0 fully saturated rings. The van der Waals surface area contributed by atoms with E-state index in [9.17, 15) is 19.3 Å². The number of nitro benzene ring substituents is 1. The van der Waals surface area contributed by atoms with Crippen LogP contribution in [-0.2, 0) is 4.79 Å². The fourth-order valence-electron chi connectivity index (χ4n) is 1.45. The van der Waals surface area contributed by atoms with Crippen molar-refractivity contribution in [2.24, 2.45) is 0 Å². The van der Waals surface area contributed by atoms with Crippen molar-refractivity contribution in [1.82, 2.24) is 5.32 Å². The Morgan fingerprint density at radius 3 is 2.74 bits per heavy atom. The zero-order chi connectivity index (χ0) is 14.3. The van der Waals surface area contributed by atoms with Gasteiger partial charge in [0, 0.05) is 31.3 Å². The summed E-state index contributed by atoms with van der Waals surface area (Å²) in [6, 6.07) is 3.23. The molecule has 0 radical (unpaired) electrons. The molecule has 0 aliphatic heterocycles. The second-order valence-electron chi connectivity index (χ2n) is 3.98. The summed E-state index contributed by atoms with van der Waals surface area (Å²) >= 11 is 0. The van der Waals surface area contributed by atoms with Crippen LogP contribution in [0.4, 0.5) is 15.8 Å². The van der Waals surface area contributed by atoms with E-state index in [1.807, 2.05) is 6.92 Å². The average Bonchev–Trinajstić information content (AvgIpc) is 2.35. The molecule has 0 bridgehead atoms. The number of carbonyl (C=O) groups excluding carboxylic acids is 1.